The average Bonchev–Trinajstić information content (AvgIpc) is 3.18. The molecule has 8 heteroatoms. The summed E-state index contributed by atoms with van der Waals surface area (Å²) in [6.07, 6.45) is 3.21. The van der Waals surface area contributed by atoms with Gasteiger partial charge in [0.2, 0.25) is 5.89 Å². The van der Waals surface area contributed by atoms with Gasteiger partial charge in [0, 0.05) is 25.7 Å². The van der Waals surface area contributed by atoms with Gasteiger partial charge in [-0.15, -0.1) is 24.0 Å². The highest BCUT2D eigenvalue weighted by Gasteiger charge is 2.27. The van der Waals surface area contributed by atoms with Gasteiger partial charge in [-0.2, -0.15) is 0 Å². The molecule has 146 valence electrons. The van der Waals surface area contributed by atoms with Crippen LogP contribution in [0.25, 0.3) is 11.5 Å². The number of methoxy groups -OCH3 is 1. The van der Waals surface area contributed by atoms with Crippen LogP contribution < -0.4 is 5.32 Å². The molecule has 1 aliphatic rings. The Labute approximate surface area is 176 Å². The van der Waals surface area contributed by atoms with E-state index in [2.05, 4.69) is 20.2 Å². The lowest BCUT2D eigenvalue weighted by Gasteiger charge is -2.33. The number of benzene rings is 1. The van der Waals surface area contributed by atoms with E-state index in [-0.39, 0.29) is 35.9 Å². The van der Waals surface area contributed by atoms with E-state index < -0.39 is 0 Å². The molecule has 0 radical (unpaired) electrons. The molecule has 0 amide bonds. The Morgan fingerprint density at radius 1 is 1.33 bits per heavy atom. The van der Waals surface area contributed by atoms with E-state index in [9.17, 15) is 4.79 Å². The summed E-state index contributed by atoms with van der Waals surface area (Å²) in [6, 6.07) is 9.80. The van der Waals surface area contributed by atoms with Gasteiger partial charge in [-0.25, -0.2) is 4.98 Å². The summed E-state index contributed by atoms with van der Waals surface area (Å²) < 4.78 is 10.4. The van der Waals surface area contributed by atoms with Crippen molar-refractivity contribution >= 4 is 35.9 Å². The SMILES string of the molecule is CN=C(NCc1coc(-c2ccccc2)n1)N1CCC(C(=O)OC)CC1.I. The van der Waals surface area contributed by atoms with Gasteiger partial charge in [-0.3, -0.25) is 9.79 Å². The van der Waals surface area contributed by atoms with Crippen LogP contribution in [0.2, 0.25) is 0 Å². The van der Waals surface area contributed by atoms with E-state index in [4.69, 9.17) is 9.15 Å². The van der Waals surface area contributed by atoms with Crippen molar-refractivity contribution in [2.24, 2.45) is 10.9 Å². The fraction of sp³-hybridized carbons (Fsp3) is 0.421. The molecule has 2 heterocycles. The van der Waals surface area contributed by atoms with Gasteiger partial charge in [-0.1, -0.05) is 18.2 Å². The monoisotopic (exact) mass is 484 g/mol. The number of aliphatic imine (C=N–C) groups is 1. The van der Waals surface area contributed by atoms with Crippen LogP contribution >= 0.6 is 24.0 Å². The standard InChI is InChI=1S/C19H24N4O3.HI/c1-20-19(23-10-8-15(9-11-23)18(24)25-2)21-12-16-13-26-17(22-16)14-6-4-3-5-7-14;/h3-7,13,15H,8-12H2,1-2H3,(H,20,21);1H. The topological polar surface area (TPSA) is 80.0 Å². The van der Waals surface area contributed by atoms with E-state index in [1.807, 2.05) is 30.3 Å². The Hall–Kier alpha value is -2.10. The lowest BCUT2D eigenvalue weighted by atomic mass is 9.97. The van der Waals surface area contributed by atoms with E-state index in [0.717, 1.165) is 43.1 Å². The number of aromatic nitrogens is 1. The van der Waals surface area contributed by atoms with Crippen LogP contribution in [0.3, 0.4) is 0 Å². The third-order valence-electron chi connectivity index (χ3n) is 4.54. The number of halogens is 1. The van der Waals surface area contributed by atoms with Crippen molar-refractivity contribution in [1.29, 1.82) is 0 Å². The Balaban J connectivity index is 0.00000261. The van der Waals surface area contributed by atoms with Crippen molar-refractivity contribution in [1.82, 2.24) is 15.2 Å². The molecule has 1 saturated heterocycles. The molecule has 0 atom stereocenters. The van der Waals surface area contributed by atoms with Crippen molar-refractivity contribution in [3.05, 3.63) is 42.3 Å². The number of oxazole rings is 1. The van der Waals surface area contributed by atoms with Crippen LogP contribution in [-0.4, -0.2) is 49.1 Å². The van der Waals surface area contributed by atoms with E-state index in [1.165, 1.54) is 7.11 Å². The first-order valence-corrected chi connectivity index (χ1v) is 8.74. The van der Waals surface area contributed by atoms with Crippen LogP contribution in [0.15, 0.2) is 46.0 Å². The minimum atomic E-state index is -0.122. The Morgan fingerprint density at radius 2 is 2.04 bits per heavy atom. The minimum Gasteiger partial charge on any atom is -0.469 e. The second-order valence-electron chi connectivity index (χ2n) is 6.20. The highest BCUT2D eigenvalue weighted by Crippen LogP contribution is 2.19. The molecular formula is C19H25IN4O3. The maximum atomic E-state index is 11.6. The van der Waals surface area contributed by atoms with Gasteiger partial charge < -0.3 is 19.4 Å². The molecule has 1 aromatic carbocycles. The van der Waals surface area contributed by atoms with Crippen molar-refractivity contribution < 1.29 is 13.9 Å². The zero-order valence-electron chi connectivity index (χ0n) is 15.6. The molecule has 1 N–H and O–H groups in total. The van der Waals surface area contributed by atoms with E-state index in [0.29, 0.717) is 12.4 Å². The molecule has 3 rings (SSSR count). The Kier molecular flexibility index (Phi) is 8.08. The summed E-state index contributed by atoms with van der Waals surface area (Å²) >= 11 is 0. The van der Waals surface area contributed by atoms with Gasteiger partial charge in [0.25, 0.3) is 0 Å². The van der Waals surface area contributed by atoms with Crippen molar-refractivity contribution in [2.45, 2.75) is 19.4 Å². The maximum Gasteiger partial charge on any atom is 0.308 e. The predicted molar refractivity (Wildman–Crippen MR) is 114 cm³/mol. The quantitative estimate of drug-likeness (QED) is 0.311. The number of nitrogens with zero attached hydrogens (tertiary/aromatic N) is 3. The number of nitrogens with one attached hydrogen (secondary N) is 1. The molecule has 0 aliphatic carbocycles. The van der Waals surface area contributed by atoms with Crippen LogP contribution in [0.4, 0.5) is 0 Å². The molecule has 0 saturated carbocycles. The number of hydrogen-bond donors (Lipinski definition) is 1. The number of likely N-dealkylation sites (tertiary alicyclic amines) is 1. The molecule has 1 fully saturated rings. The highest BCUT2D eigenvalue weighted by molar-refractivity contribution is 14.0. The number of carbonyl (C=O) groups is 1. The molecule has 2 aromatic rings. The van der Waals surface area contributed by atoms with Crippen LogP contribution in [-0.2, 0) is 16.1 Å². The Bertz CT molecular complexity index is 755. The number of piperidine rings is 1. The summed E-state index contributed by atoms with van der Waals surface area (Å²) in [5.41, 5.74) is 1.77. The number of guanidine groups is 1. The smallest absolute Gasteiger partial charge is 0.308 e. The molecule has 0 spiro atoms. The van der Waals surface area contributed by atoms with Crippen LogP contribution in [0, 0.1) is 5.92 Å². The second-order valence-corrected chi connectivity index (χ2v) is 6.20. The van der Waals surface area contributed by atoms with Crippen LogP contribution in [0.1, 0.15) is 18.5 Å². The normalized spacial score (nSPS) is 15.2. The van der Waals surface area contributed by atoms with Crippen LogP contribution in [0.5, 0.6) is 0 Å². The lowest BCUT2D eigenvalue weighted by molar-refractivity contribution is -0.146. The number of ether oxygens (including phenoxy) is 1. The number of hydrogen-bond acceptors (Lipinski definition) is 5. The zero-order valence-corrected chi connectivity index (χ0v) is 17.9. The second kappa shape index (κ2) is 10.3. The van der Waals surface area contributed by atoms with E-state index in [1.54, 1.807) is 13.3 Å². The first-order chi connectivity index (χ1) is 12.7. The largest absolute Gasteiger partial charge is 0.469 e. The summed E-state index contributed by atoms with van der Waals surface area (Å²) in [7, 11) is 3.20. The molecule has 1 aliphatic heterocycles. The minimum absolute atomic E-state index is 0. The first kappa shape index (κ1) is 21.2. The maximum absolute atomic E-state index is 11.6. The Morgan fingerprint density at radius 3 is 2.67 bits per heavy atom. The van der Waals surface area contributed by atoms with Gasteiger partial charge >= 0.3 is 5.97 Å². The fourth-order valence-corrected chi connectivity index (χ4v) is 3.10. The first-order valence-electron chi connectivity index (χ1n) is 8.74. The summed E-state index contributed by atoms with van der Waals surface area (Å²) in [4.78, 5) is 22.6. The number of rotatable bonds is 4. The van der Waals surface area contributed by atoms with Crippen molar-refractivity contribution in [2.75, 3.05) is 27.2 Å². The van der Waals surface area contributed by atoms with Crippen molar-refractivity contribution in [3.63, 3.8) is 0 Å². The van der Waals surface area contributed by atoms with Crippen molar-refractivity contribution in [3.8, 4) is 11.5 Å². The molecule has 0 unspecified atom stereocenters. The summed E-state index contributed by atoms with van der Waals surface area (Å²) in [5, 5.41) is 3.32. The summed E-state index contributed by atoms with van der Waals surface area (Å²) in [6.45, 7) is 2.07. The van der Waals surface area contributed by atoms with Gasteiger partial charge in [0.1, 0.15) is 6.26 Å². The third-order valence-corrected chi connectivity index (χ3v) is 4.54. The molecule has 7 nitrogen and oxygen atoms in total. The van der Waals surface area contributed by atoms with Gasteiger partial charge in [0.05, 0.1) is 25.3 Å². The molecule has 1 aromatic heterocycles. The fourth-order valence-electron chi connectivity index (χ4n) is 3.10. The molecule has 27 heavy (non-hydrogen) atoms. The average molecular weight is 484 g/mol. The van der Waals surface area contributed by atoms with E-state index >= 15 is 0 Å². The predicted octanol–water partition coefficient (Wildman–Crippen LogP) is 2.92. The van der Waals surface area contributed by atoms with Gasteiger partial charge in [-0.05, 0) is 25.0 Å². The summed E-state index contributed by atoms with van der Waals surface area (Å²) in [5.74, 6) is 1.27. The number of carbonyl (C=O) groups excluding carboxylic acids is 1. The highest BCUT2D eigenvalue weighted by atomic mass is 127. The third kappa shape index (κ3) is 5.44. The lowest BCUT2D eigenvalue weighted by Crippen LogP contribution is -2.46. The molecular weight excluding hydrogens is 459 g/mol. The van der Waals surface area contributed by atoms with Gasteiger partial charge in [0.15, 0.2) is 5.96 Å². The number of esters is 1. The molecule has 0 bridgehead atoms. The zero-order chi connectivity index (χ0) is 18.4.